The minimum atomic E-state index is -1.19. The Morgan fingerprint density at radius 3 is 2.33 bits per heavy atom. The van der Waals surface area contributed by atoms with Gasteiger partial charge in [-0.15, -0.1) is 13.2 Å². The molecule has 1 aliphatic rings. The molecule has 220 valence electrons. The number of carbonyl (C=O) groups excluding carboxylic acids is 2. The third-order valence-electron chi connectivity index (χ3n) is 7.07. The van der Waals surface area contributed by atoms with Gasteiger partial charge in [0.25, 0.3) is 11.8 Å². The molecule has 2 aromatic carbocycles. The molecule has 2 amide bonds. The Morgan fingerprint density at radius 2 is 1.76 bits per heavy atom. The van der Waals surface area contributed by atoms with Gasteiger partial charge in [0.2, 0.25) is 5.43 Å². The summed E-state index contributed by atoms with van der Waals surface area (Å²) in [6.07, 6.45) is 6.57. The van der Waals surface area contributed by atoms with E-state index in [2.05, 4.69) is 29.2 Å². The van der Waals surface area contributed by atoms with Crippen LogP contribution >= 0.6 is 0 Å². The summed E-state index contributed by atoms with van der Waals surface area (Å²) in [7, 11) is 0. The van der Waals surface area contributed by atoms with E-state index in [0.29, 0.717) is 30.5 Å². The van der Waals surface area contributed by atoms with E-state index in [4.69, 9.17) is 4.74 Å². The van der Waals surface area contributed by atoms with E-state index in [1.54, 1.807) is 43.3 Å². The van der Waals surface area contributed by atoms with Crippen LogP contribution in [0.2, 0.25) is 0 Å². The van der Waals surface area contributed by atoms with Gasteiger partial charge < -0.3 is 20.8 Å². The van der Waals surface area contributed by atoms with Crippen LogP contribution in [0.15, 0.2) is 78.8 Å². The summed E-state index contributed by atoms with van der Waals surface area (Å²) in [6, 6.07) is 9.40. The molecule has 3 aromatic rings. The van der Waals surface area contributed by atoms with Crippen LogP contribution in [-0.4, -0.2) is 28.1 Å². The molecule has 0 bridgehead atoms. The molecule has 1 atom stereocenters. The van der Waals surface area contributed by atoms with Crippen molar-refractivity contribution in [3.05, 3.63) is 124 Å². The zero-order valence-electron chi connectivity index (χ0n) is 23.0. The lowest BCUT2D eigenvalue weighted by atomic mass is 9.77. The maximum atomic E-state index is 14.2. The number of carbonyl (C=O) groups is 2. The fourth-order valence-corrected chi connectivity index (χ4v) is 4.42. The molecular weight excluding hydrogens is 549 g/mol. The number of rotatable bonds is 12. The van der Waals surface area contributed by atoms with Crippen molar-refractivity contribution < 1.29 is 27.5 Å². The first-order chi connectivity index (χ1) is 20.1. The van der Waals surface area contributed by atoms with Crippen LogP contribution in [0.3, 0.4) is 0 Å². The van der Waals surface area contributed by atoms with Crippen molar-refractivity contribution in [1.29, 1.82) is 0 Å². The van der Waals surface area contributed by atoms with Crippen molar-refractivity contribution in [1.82, 2.24) is 15.3 Å². The summed E-state index contributed by atoms with van der Waals surface area (Å²) in [5.74, 6) is -5.57. The third-order valence-corrected chi connectivity index (χ3v) is 7.07. The van der Waals surface area contributed by atoms with Gasteiger partial charge in [0.05, 0.1) is 5.54 Å². The second-order valence-electron chi connectivity index (χ2n) is 10.0. The van der Waals surface area contributed by atoms with Crippen LogP contribution in [0.25, 0.3) is 0 Å². The fraction of sp³-hybridized carbons (Fsp3) is 0.258. The minimum Gasteiger partial charge on any atom is -0.482 e. The van der Waals surface area contributed by atoms with Crippen LogP contribution in [0.4, 0.5) is 13.2 Å². The second-order valence-corrected chi connectivity index (χ2v) is 10.0. The molecule has 0 spiro atoms. The topological polar surface area (TPSA) is 101 Å². The van der Waals surface area contributed by atoms with Crippen LogP contribution in [0.5, 0.6) is 5.75 Å². The Morgan fingerprint density at radius 1 is 1.10 bits per heavy atom. The molecule has 0 radical (unpaired) electrons. The van der Waals surface area contributed by atoms with Crippen molar-refractivity contribution in [3.63, 3.8) is 0 Å². The summed E-state index contributed by atoms with van der Waals surface area (Å²) in [5.41, 5.74) is 1.11. The molecule has 1 aromatic heterocycles. The molecule has 8 nitrogen and oxygen atoms in total. The molecule has 4 rings (SSSR count). The molecule has 0 unspecified atom stereocenters. The van der Waals surface area contributed by atoms with Gasteiger partial charge in [-0.25, -0.2) is 13.2 Å². The highest BCUT2D eigenvalue weighted by Gasteiger charge is 2.36. The standard InChI is InChI=1S/C31H31F3N4O4/c1-4-19(3)36-30(41)26-28(42-18-20-10-7-6-8-11-20)27(39)23(17-38(26)37-31(5-2)12-9-13-31)29(40)35-16-22-24(33)14-21(32)15-25(22)34/h4-8,10-11,14-15,17,19,37H,1-2,9,12-13,16,18H2,3H3,(H,35,40)(H,36,41)/t19-/m0/s1. The molecule has 42 heavy (non-hydrogen) atoms. The van der Waals surface area contributed by atoms with Gasteiger partial charge >= 0.3 is 0 Å². The molecule has 0 saturated heterocycles. The second kappa shape index (κ2) is 12.8. The van der Waals surface area contributed by atoms with E-state index in [-0.39, 0.29) is 12.3 Å². The summed E-state index contributed by atoms with van der Waals surface area (Å²) in [4.78, 5) is 40.5. The summed E-state index contributed by atoms with van der Waals surface area (Å²) in [5, 5.41) is 5.04. The van der Waals surface area contributed by atoms with Crippen molar-refractivity contribution in [3.8, 4) is 5.75 Å². The van der Waals surface area contributed by atoms with Crippen LogP contribution < -0.4 is 26.2 Å². The highest BCUT2D eigenvalue weighted by atomic mass is 19.1. The number of ether oxygens (including phenoxy) is 1. The van der Waals surface area contributed by atoms with E-state index in [1.165, 1.54) is 10.8 Å². The maximum absolute atomic E-state index is 14.2. The van der Waals surface area contributed by atoms with Crippen LogP contribution in [-0.2, 0) is 13.2 Å². The first kappa shape index (κ1) is 30.2. The Bertz CT molecular complexity index is 1550. The lowest BCUT2D eigenvalue weighted by Crippen LogP contribution is -2.49. The normalized spacial score (nSPS) is 14.2. The quantitative estimate of drug-likeness (QED) is 0.269. The molecule has 1 fully saturated rings. The molecule has 1 heterocycles. The van der Waals surface area contributed by atoms with Gasteiger partial charge in [-0.3, -0.25) is 19.1 Å². The van der Waals surface area contributed by atoms with Gasteiger partial charge in [-0.05, 0) is 31.7 Å². The molecule has 1 aliphatic carbocycles. The average Bonchev–Trinajstić information content (AvgIpc) is 2.94. The molecule has 3 N–H and O–H groups in total. The largest absolute Gasteiger partial charge is 0.482 e. The Balaban J connectivity index is 1.80. The van der Waals surface area contributed by atoms with E-state index in [0.717, 1.165) is 12.6 Å². The molecule has 0 aliphatic heterocycles. The molecular formula is C31H31F3N4O4. The van der Waals surface area contributed by atoms with Gasteiger partial charge in [-0.1, -0.05) is 42.5 Å². The number of nitrogens with zero attached hydrogens (tertiary/aromatic N) is 1. The molecule has 11 heteroatoms. The first-order valence-electron chi connectivity index (χ1n) is 13.3. The summed E-state index contributed by atoms with van der Waals surface area (Å²) < 4.78 is 48.9. The predicted octanol–water partition coefficient (Wildman–Crippen LogP) is 4.73. The highest BCUT2D eigenvalue weighted by molar-refractivity contribution is 5.99. The number of aromatic nitrogens is 1. The number of hydrogen-bond acceptors (Lipinski definition) is 5. The first-order valence-corrected chi connectivity index (χ1v) is 13.3. The number of nitrogens with one attached hydrogen (secondary N) is 3. The number of halogens is 3. The minimum absolute atomic E-state index is 0.100. The monoisotopic (exact) mass is 580 g/mol. The zero-order chi connectivity index (χ0) is 30.4. The van der Waals surface area contributed by atoms with E-state index >= 15 is 0 Å². The van der Waals surface area contributed by atoms with Crippen molar-refractivity contribution in [2.45, 2.75) is 50.9 Å². The zero-order valence-corrected chi connectivity index (χ0v) is 23.0. The number of amides is 2. The van der Waals surface area contributed by atoms with E-state index in [9.17, 15) is 27.6 Å². The van der Waals surface area contributed by atoms with Gasteiger partial charge in [-0.2, -0.15) is 0 Å². The van der Waals surface area contributed by atoms with Crippen LogP contribution in [0, 0.1) is 17.5 Å². The van der Waals surface area contributed by atoms with Gasteiger partial charge in [0.1, 0.15) is 29.6 Å². The fourth-order valence-electron chi connectivity index (χ4n) is 4.42. The van der Waals surface area contributed by atoms with Gasteiger partial charge in [0, 0.05) is 36.5 Å². The molecule has 1 saturated carbocycles. The van der Waals surface area contributed by atoms with E-state index in [1.807, 2.05) is 0 Å². The Labute approximate surface area is 240 Å². The number of pyridine rings is 1. The smallest absolute Gasteiger partial charge is 0.274 e. The lowest BCUT2D eigenvalue weighted by Gasteiger charge is -2.41. The lowest BCUT2D eigenvalue weighted by molar-refractivity contribution is 0.0920. The number of hydrogen-bond donors (Lipinski definition) is 3. The maximum Gasteiger partial charge on any atom is 0.274 e. The Hall–Kier alpha value is -4.80. The van der Waals surface area contributed by atoms with Crippen molar-refractivity contribution in [2.24, 2.45) is 0 Å². The summed E-state index contributed by atoms with van der Waals surface area (Å²) in [6.45, 7) is 8.48. The van der Waals surface area contributed by atoms with Gasteiger partial charge in [0.15, 0.2) is 11.4 Å². The van der Waals surface area contributed by atoms with Crippen molar-refractivity contribution >= 4 is 11.8 Å². The third kappa shape index (κ3) is 6.56. The predicted molar refractivity (Wildman–Crippen MR) is 152 cm³/mol. The SMILES string of the molecule is C=C[C@H](C)NC(=O)c1c(OCc2ccccc2)c(=O)c(C(=O)NCc2c(F)cc(F)cc2F)cn1NC1(C=C)CCC1. The average molecular weight is 581 g/mol. The number of benzene rings is 2. The Kier molecular flexibility index (Phi) is 9.19. The van der Waals surface area contributed by atoms with E-state index < -0.39 is 69.7 Å². The van der Waals surface area contributed by atoms with Crippen molar-refractivity contribution in [2.75, 3.05) is 5.43 Å². The van der Waals surface area contributed by atoms with Crippen LogP contribution in [0.1, 0.15) is 58.2 Å². The highest BCUT2D eigenvalue weighted by Crippen LogP contribution is 2.34. The summed E-state index contributed by atoms with van der Waals surface area (Å²) >= 11 is 0.